The molecule has 0 aromatic heterocycles. The summed E-state index contributed by atoms with van der Waals surface area (Å²) in [6.07, 6.45) is 2.21. The molecule has 1 atom stereocenters. The van der Waals surface area contributed by atoms with Crippen LogP contribution in [0.15, 0.2) is 12.2 Å². The highest BCUT2D eigenvalue weighted by atomic mass is 16.1. The minimum Gasteiger partial charge on any atom is -0.352 e. The van der Waals surface area contributed by atoms with E-state index in [9.17, 15) is 4.79 Å². The molecule has 1 aliphatic rings. The van der Waals surface area contributed by atoms with Gasteiger partial charge in [-0.15, -0.1) is 0 Å². The Kier molecular flexibility index (Phi) is 6.22. The lowest BCUT2D eigenvalue weighted by Gasteiger charge is -2.18. The summed E-state index contributed by atoms with van der Waals surface area (Å²) in [7, 11) is 0. The summed E-state index contributed by atoms with van der Waals surface area (Å²) in [5.74, 6) is 0.0697. The molecule has 0 aromatic rings. The molecule has 1 aliphatic heterocycles. The van der Waals surface area contributed by atoms with Crippen LogP contribution in [0.2, 0.25) is 0 Å². The smallest absolute Gasteiger partial charge is 0.217 e. The van der Waals surface area contributed by atoms with Crippen LogP contribution < -0.4 is 10.6 Å². The highest BCUT2D eigenvalue weighted by Gasteiger charge is 2.22. The first-order chi connectivity index (χ1) is 8.11. The second-order valence-corrected chi connectivity index (χ2v) is 4.85. The zero-order valence-corrected chi connectivity index (χ0v) is 11.1. The average molecular weight is 239 g/mol. The van der Waals surface area contributed by atoms with Gasteiger partial charge in [0, 0.05) is 39.1 Å². The van der Waals surface area contributed by atoms with Crippen LogP contribution in [0.3, 0.4) is 0 Å². The minimum absolute atomic E-state index is 0.0697. The fraction of sp³-hybridized carbons (Fsp3) is 0.769. The Balaban J connectivity index is 2.16. The molecule has 98 valence electrons. The zero-order chi connectivity index (χ0) is 12.7. The van der Waals surface area contributed by atoms with E-state index in [2.05, 4.69) is 29.0 Å². The molecule has 1 unspecified atom stereocenters. The van der Waals surface area contributed by atoms with Crippen LogP contribution in [-0.2, 0) is 4.79 Å². The van der Waals surface area contributed by atoms with Gasteiger partial charge in [-0.25, -0.2) is 0 Å². The third-order valence-electron chi connectivity index (χ3n) is 2.93. The first-order valence-electron chi connectivity index (χ1n) is 6.48. The Morgan fingerprint density at radius 1 is 1.53 bits per heavy atom. The van der Waals surface area contributed by atoms with Crippen molar-refractivity contribution in [2.24, 2.45) is 0 Å². The number of likely N-dealkylation sites (tertiary alicyclic amines) is 1. The van der Waals surface area contributed by atoms with Gasteiger partial charge in [0.25, 0.3) is 0 Å². The molecule has 1 rings (SSSR count). The van der Waals surface area contributed by atoms with E-state index in [1.807, 2.05) is 0 Å². The minimum atomic E-state index is 0.0697. The van der Waals surface area contributed by atoms with Crippen LogP contribution in [-0.4, -0.2) is 49.6 Å². The molecule has 4 nitrogen and oxygen atoms in total. The molecule has 2 N–H and O–H groups in total. The number of amides is 1. The number of rotatable bonds is 7. The predicted octanol–water partition coefficient (Wildman–Crippen LogP) is 0.753. The van der Waals surface area contributed by atoms with Crippen molar-refractivity contribution in [2.75, 3.05) is 32.7 Å². The Bertz CT molecular complexity index is 265. The third kappa shape index (κ3) is 5.84. The van der Waals surface area contributed by atoms with E-state index in [-0.39, 0.29) is 5.91 Å². The summed E-state index contributed by atoms with van der Waals surface area (Å²) in [5.41, 5.74) is 1.22. The van der Waals surface area contributed by atoms with Gasteiger partial charge in [0.2, 0.25) is 5.91 Å². The Labute approximate surface area is 104 Å². The van der Waals surface area contributed by atoms with E-state index < -0.39 is 0 Å². The van der Waals surface area contributed by atoms with Gasteiger partial charge in [0.05, 0.1) is 0 Å². The maximum atomic E-state index is 10.9. The normalized spacial score (nSPS) is 20.5. The molecule has 1 heterocycles. The van der Waals surface area contributed by atoms with E-state index in [0.29, 0.717) is 6.04 Å². The van der Waals surface area contributed by atoms with Gasteiger partial charge in [-0.05, 0) is 25.0 Å². The lowest BCUT2D eigenvalue weighted by molar-refractivity contribution is -0.119. The fourth-order valence-corrected chi connectivity index (χ4v) is 2.20. The van der Waals surface area contributed by atoms with Gasteiger partial charge in [0.15, 0.2) is 0 Å². The molecule has 17 heavy (non-hydrogen) atoms. The molecule has 0 aromatic carbocycles. The Morgan fingerprint density at radius 2 is 2.29 bits per heavy atom. The van der Waals surface area contributed by atoms with Crippen molar-refractivity contribution in [3.63, 3.8) is 0 Å². The summed E-state index contributed by atoms with van der Waals surface area (Å²) >= 11 is 0. The molecule has 1 saturated heterocycles. The van der Waals surface area contributed by atoms with Crippen molar-refractivity contribution in [3.05, 3.63) is 12.2 Å². The van der Waals surface area contributed by atoms with Crippen LogP contribution in [0, 0.1) is 0 Å². The number of hydrogen-bond acceptors (Lipinski definition) is 3. The molecule has 0 aliphatic carbocycles. The number of carbonyl (C=O) groups excluding carboxylic acids is 1. The highest BCUT2D eigenvalue weighted by molar-refractivity contribution is 5.73. The Hall–Kier alpha value is -0.870. The summed E-state index contributed by atoms with van der Waals surface area (Å²) in [5, 5.41) is 6.33. The van der Waals surface area contributed by atoms with Gasteiger partial charge in [0.1, 0.15) is 0 Å². The van der Waals surface area contributed by atoms with E-state index in [1.165, 1.54) is 5.57 Å². The lowest BCUT2D eigenvalue weighted by Crippen LogP contribution is -2.36. The van der Waals surface area contributed by atoms with Crippen molar-refractivity contribution in [2.45, 2.75) is 32.7 Å². The zero-order valence-electron chi connectivity index (χ0n) is 11.1. The predicted molar refractivity (Wildman–Crippen MR) is 71.0 cm³/mol. The summed E-state index contributed by atoms with van der Waals surface area (Å²) in [4.78, 5) is 13.3. The fourth-order valence-electron chi connectivity index (χ4n) is 2.20. The molecule has 0 spiro atoms. The monoisotopic (exact) mass is 239 g/mol. The molecule has 1 fully saturated rings. The van der Waals surface area contributed by atoms with Gasteiger partial charge in [-0.2, -0.15) is 0 Å². The molecule has 0 radical (unpaired) electrons. The van der Waals surface area contributed by atoms with E-state index >= 15 is 0 Å². The quantitative estimate of drug-likeness (QED) is 0.509. The highest BCUT2D eigenvalue weighted by Crippen LogP contribution is 2.10. The number of carbonyl (C=O) groups is 1. The molecule has 1 amide bonds. The van der Waals surface area contributed by atoms with Crippen LogP contribution in [0.25, 0.3) is 0 Å². The number of hydrogen-bond donors (Lipinski definition) is 2. The first kappa shape index (κ1) is 14.2. The van der Waals surface area contributed by atoms with Crippen LogP contribution >= 0.6 is 0 Å². The second-order valence-electron chi connectivity index (χ2n) is 4.85. The SMILES string of the molecule is C=C(CNCCC)CN1CCC(NC(C)=O)C1. The van der Waals surface area contributed by atoms with Gasteiger partial charge in [-0.3, -0.25) is 9.69 Å². The second kappa shape index (κ2) is 7.45. The van der Waals surface area contributed by atoms with Crippen LogP contribution in [0.1, 0.15) is 26.7 Å². The van der Waals surface area contributed by atoms with Crippen LogP contribution in [0.5, 0.6) is 0 Å². The Morgan fingerprint density at radius 3 is 2.94 bits per heavy atom. The van der Waals surface area contributed by atoms with E-state index in [0.717, 1.165) is 45.6 Å². The largest absolute Gasteiger partial charge is 0.352 e. The van der Waals surface area contributed by atoms with E-state index in [1.54, 1.807) is 6.92 Å². The lowest BCUT2D eigenvalue weighted by atomic mass is 10.2. The molecular formula is C13H25N3O. The van der Waals surface area contributed by atoms with Crippen LogP contribution in [0.4, 0.5) is 0 Å². The number of nitrogens with zero attached hydrogens (tertiary/aromatic N) is 1. The van der Waals surface area contributed by atoms with Crippen molar-refractivity contribution in [1.82, 2.24) is 15.5 Å². The van der Waals surface area contributed by atoms with Gasteiger partial charge < -0.3 is 10.6 Å². The summed E-state index contributed by atoms with van der Waals surface area (Å²) in [6.45, 7) is 12.7. The average Bonchev–Trinajstić information content (AvgIpc) is 2.64. The molecule has 0 bridgehead atoms. The summed E-state index contributed by atoms with van der Waals surface area (Å²) < 4.78 is 0. The van der Waals surface area contributed by atoms with Crippen molar-refractivity contribution in [1.29, 1.82) is 0 Å². The van der Waals surface area contributed by atoms with Crippen molar-refractivity contribution >= 4 is 5.91 Å². The van der Waals surface area contributed by atoms with Crippen molar-refractivity contribution in [3.8, 4) is 0 Å². The third-order valence-corrected chi connectivity index (χ3v) is 2.93. The molecular weight excluding hydrogens is 214 g/mol. The maximum absolute atomic E-state index is 10.9. The van der Waals surface area contributed by atoms with Gasteiger partial charge >= 0.3 is 0 Å². The van der Waals surface area contributed by atoms with Crippen molar-refractivity contribution < 1.29 is 4.79 Å². The topological polar surface area (TPSA) is 44.4 Å². The number of nitrogens with one attached hydrogen (secondary N) is 2. The standard InChI is InChI=1S/C13H25N3O/c1-4-6-14-8-11(2)9-16-7-5-13(10-16)15-12(3)17/h13-14H,2,4-10H2,1,3H3,(H,15,17). The van der Waals surface area contributed by atoms with Gasteiger partial charge in [-0.1, -0.05) is 13.5 Å². The summed E-state index contributed by atoms with van der Waals surface area (Å²) in [6, 6.07) is 0.323. The first-order valence-corrected chi connectivity index (χ1v) is 6.48. The maximum Gasteiger partial charge on any atom is 0.217 e. The molecule has 0 saturated carbocycles. The van der Waals surface area contributed by atoms with E-state index in [4.69, 9.17) is 0 Å². The molecule has 4 heteroatoms.